The predicted octanol–water partition coefficient (Wildman–Crippen LogP) is 1.29. The van der Waals surface area contributed by atoms with E-state index in [9.17, 15) is 8.42 Å². The zero-order valence-corrected chi connectivity index (χ0v) is 11.4. The van der Waals surface area contributed by atoms with E-state index in [-0.39, 0.29) is 6.04 Å². The summed E-state index contributed by atoms with van der Waals surface area (Å²) < 4.78 is 30.0. The molecule has 0 unspecified atom stereocenters. The lowest BCUT2D eigenvalue weighted by Gasteiger charge is -2.18. The fourth-order valence-corrected chi connectivity index (χ4v) is 3.72. The Morgan fingerprint density at radius 2 is 2.17 bits per heavy atom. The van der Waals surface area contributed by atoms with Gasteiger partial charge in [0.25, 0.3) is 0 Å². The third-order valence-corrected chi connectivity index (χ3v) is 5.10. The van der Waals surface area contributed by atoms with Crippen molar-refractivity contribution in [3.05, 3.63) is 11.7 Å². The monoisotopic (exact) mass is 271 g/mol. The molecule has 1 aromatic rings. The molecule has 100 valence electrons. The van der Waals surface area contributed by atoms with Gasteiger partial charge >= 0.3 is 0 Å². The second-order valence-electron chi connectivity index (χ2n) is 5.34. The first-order valence-electron chi connectivity index (χ1n) is 6.27. The van der Waals surface area contributed by atoms with E-state index in [0.29, 0.717) is 30.1 Å². The van der Waals surface area contributed by atoms with E-state index >= 15 is 0 Å². The Morgan fingerprint density at radius 3 is 2.78 bits per heavy atom. The first-order chi connectivity index (χ1) is 8.47. The minimum absolute atomic E-state index is 0.244. The summed E-state index contributed by atoms with van der Waals surface area (Å²) in [4.78, 5) is 4.38. The number of hydrogen-bond acceptors (Lipinski definition) is 5. The minimum atomic E-state index is -3.19. The van der Waals surface area contributed by atoms with Gasteiger partial charge in [-0.25, -0.2) is 8.42 Å². The highest BCUT2D eigenvalue weighted by atomic mass is 32.2. The molecule has 0 amide bonds. The summed E-state index contributed by atoms with van der Waals surface area (Å²) in [5.74, 6) is 2.16. The van der Waals surface area contributed by atoms with Crippen molar-refractivity contribution < 1.29 is 12.9 Å². The highest BCUT2D eigenvalue weighted by Crippen LogP contribution is 2.46. The van der Waals surface area contributed by atoms with E-state index in [2.05, 4.69) is 17.1 Å². The molecule has 1 aliphatic heterocycles. The van der Waals surface area contributed by atoms with Gasteiger partial charge in [-0.2, -0.15) is 9.29 Å². The maximum absolute atomic E-state index is 11.7. The molecule has 0 spiro atoms. The van der Waals surface area contributed by atoms with Crippen LogP contribution in [-0.2, 0) is 10.0 Å². The Hall–Kier alpha value is -0.950. The Bertz CT molecular complexity index is 554. The summed E-state index contributed by atoms with van der Waals surface area (Å²) in [5, 5.41) is 3.97. The fraction of sp³-hybridized carbons (Fsp3) is 0.818. The number of hydrogen-bond donors (Lipinski definition) is 0. The van der Waals surface area contributed by atoms with E-state index in [1.54, 1.807) is 0 Å². The SMILES string of the molecule is C[C@@H]1C[C@@H]1c1nc([C@H]2CCCN2S(C)(=O)=O)no1. The molecule has 3 atom stereocenters. The van der Waals surface area contributed by atoms with Gasteiger partial charge in [-0.05, 0) is 25.2 Å². The minimum Gasteiger partial charge on any atom is -0.339 e. The molecule has 1 saturated carbocycles. The molecule has 1 saturated heterocycles. The van der Waals surface area contributed by atoms with Crippen LogP contribution in [0, 0.1) is 5.92 Å². The Balaban J connectivity index is 1.83. The first-order valence-corrected chi connectivity index (χ1v) is 8.12. The molecule has 3 rings (SSSR count). The number of nitrogens with zero attached hydrogens (tertiary/aromatic N) is 3. The van der Waals surface area contributed by atoms with Crippen molar-refractivity contribution in [2.24, 2.45) is 5.92 Å². The zero-order valence-electron chi connectivity index (χ0n) is 10.5. The molecular weight excluding hydrogens is 254 g/mol. The van der Waals surface area contributed by atoms with Crippen molar-refractivity contribution in [1.82, 2.24) is 14.4 Å². The lowest BCUT2D eigenvalue weighted by molar-refractivity contribution is 0.344. The second kappa shape index (κ2) is 4.03. The lowest BCUT2D eigenvalue weighted by Crippen LogP contribution is -2.30. The lowest BCUT2D eigenvalue weighted by atomic mass is 10.2. The van der Waals surface area contributed by atoms with Gasteiger partial charge in [-0.3, -0.25) is 0 Å². The number of rotatable bonds is 3. The molecule has 0 aromatic carbocycles. The number of sulfonamides is 1. The van der Waals surface area contributed by atoms with Crippen LogP contribution < -0.4 is 0 Å². The van der Waals surface area contributed by atoms with Crippen molar-refractivity contribution in [3.63, 3.8) is 0 Å². The normalized spacial score (nSPS) is 32.9. The molecule has 2 heterocycles. The summed E-state index contributed by atoms with van der Waals surface area (Å²) in [6.07, 6.45) is 3.94. The molecule has 2 aliphatic rings. The van der Waals surface area contributed by atoms with Gasteiger partial charge in [0.05, 0.1) is 12.3 Å². The smallest absolute Gasteiger partial charge is 0.230 e. The number of aromatic nitrogens is 2. The Labute approximate surface area is 106 Å². The first kappa shape index (κ1) is 12.1. The predicted molar refractivity (Wildman–Crippen MR) is 64.3 cm³/mol. The van der Waals surface area contributed by atoms with Crippen LogP contribution in [0.1, 0.15) is 49.9 Å². The highest BCUT2D eigenvalue weighted by molar-refractivity contribution is 7.88. The molecule has 2 fully saturated rings. The molecule has 0 bridgehead atoms. The Morgan fingerprint density at radius 1 is 1.44 bits per heavy atom. The van der Waals surface area contributed by atoms with Crippen molar-refractivity contribution >= 4 is 10.0 Å². The largest absolute Gasteiger partial charge is 0.339 e. The molecular formula is C11H17N3O3S. The average Bonchev–Trinajstić information content (AvgIpc) is 2.75. The van der Waals surface area contributed by atoms with E-state index in [0.717, 1.165) is 19.3 Å². The van der Waals surface area contributed by atoms with Crippen LogP contribution in [0.3, 0.4) is 0 Å². The third kappa shape index (κ3) is 2.05. The van der Waals surface area contributed by atoms with Crippen LogP contribution in [-0.4, -0.2) is 35.7 Å². The maximum atomic E-state index is 11.7. The summed E-state index contributed by atoms with van der Waals surface area (Å²) in [6.45, 7) is 2.69. The van der Waals surface area contributed by atoms with Gasteiger partial charge in [-0.1, -0.05) is 12.1 Å². The highest BCUT2D eigenvalue weighted by Gasteiger charge is 2.41. The molecule has 1 aromatic heterocycles. The summed E-state index contributed by atoms with van der Waals surface area (Å²) in [5.41, 5.74) is 0. The van der Waals surface area contributed by atoms with Gasteiger partial charge in [-0.15, -0.1) is 0 Å². The standard InChI is InChI=1S/C11H17N3O3S/c1-7-6-8(7)11-12-10(13-17-11)9-4-3-5-14(9)18(2,15)16/h7-9H,3-6H2,1-2H3/t7-,8+,9-/m1/s1. The average molecular weight is 271 g/mol. The van der Waals surface area contributed by atoms with Crippen molar-refractivity contribution in [2.45, 2.75) is 38.1 Å². The summed E-state index contributed by atoms with van der Waals surface area (Å²) in [7, 11) is -3.19. The van der Waals surface area contributed by atoms with Gasteiger partial charge in [0, 0.05) is 12.5 Å². The summed E-state index contributed by atoms with van der Waals surface area (Å²) >= 11 is 0. The summed E-state index contributed by atoms with van der Waals surface area (Å²) in [6, 6.07) is -0.244. The topological polar surface area (TPSA) is 76.3 Å². The zero-order chi connectivity index (χ0) is 12.9. The van der Waals surface area contributed by atoms with Crippen LogP contribution in [0.5, 0.6) is 0 Å². The van der Waals surface area contributed by atoms with Crippen molar-refractivity contribution in [3.8, 4) is 0 Å². The molecule has 0 radical (unpaired) electrons. The van der Waals surface area contributed by atoms with E-state index in [1.165, 1.54) is 10.6 Å². The van der Waals surface area contributed by atoms with Gasteiger partial charge in [0.1, 0.15) is 0 Å². The van der Waals surface area contributed by atoms with Crippen LogP contribution >= 0.6 is 0 Å². The van der Waals surface area contributed by atoms with Crippen molar-refractivity contribution in [1.29, 1.82) is 0 Å². The second-order valence-corrected chi connectivity index (χ2v) is 7.28. The van der Waals surface area contributed by atoms with Crippen LogP contribution in [0.2, 0.25) is 0 Å². The molecule has 0 N–H and O–H groups in total. The Kier molecular flexibility index (Phi) is 2.71. The molecule has 7 heteroatoms. The molecule has 6 nitrogen and oxygen atoms in total. The molecule has 18 heavy (non-hydrogen) atoms. The van der Waals surface area contributed by atoms with Crippen molar-refractivity contribution in [2.75, 3.05) is 12.8 Å². The van der Waals surface area contributed by atoms with E-state index in [1.807, 2.05) is 0 Å². The van der Waals surface area contributed by atoms with Crippen LogP contribution in [0.15, 0.2) is 4.52 Å². The van der Waals surface area contributed by atoms with E-state index in [4.69, 9.17) is 4.52 Å². The fourth-order valence-electron chi connectivity index (χ4n) is 2.59. The van der Waals surface area contributed by atoms with Gasteiger partial charge in [0.15, 0.2) is 5.82 Å². The van der Waals surface area contributed by atoms with Crippen LogP contribution in [0.25, 0.3) is 0 Å². The maximum Gasteiger partial charge on any atom is 0.230 e. The molecule has 1 aliphatic carbocycles. The van der Waals surface area contributed by atoms with E-state index < -0.39 is 10.0 Å². The van der Waals surface area contributed by atoms with Gasteiger partial charge in [0.2, 0.25) is 15.9 Å². The van der Waals surface area contributed by atoms with Crippen LogP contribution in [0.4, 0.5) is 0 Å². The quantitative estimate of drug-likeness (QED) is 0.828. The third-order valence-electron chi connectivity index (χ3n) is 3.81. The van der Waals surface area contributed by atoms with Gasteiger partial charge < -0.3 is 4.52 Å².